The number of benzene rings is 1. The maximum atomic E-state index is 12.5. The summed E-state index contributed by atoms with van der Waals surface area (Å²) in [6.45, 7) is 6.70. The number of aryl methyl sites for hydroxylation is 1. The molecule has 6 nitrogen and oxygen atoms in total. The number of allylic oxidation sites excluding steroid dienone is 1. The number of carbonyl (C=O) groups excluding carboxylic acids is 1. The molecule has 0 radical (unpaired) electrons. The molecule has 1 aromatic carbocycles. The number of thioether (sulfide) groups is 1. The van der Waals surface area contributed by atoms with Gasteiger partial charge in [-0.25, -0.2) is 0 Å². The van der Waals surface area contributed by atoms with Crippen molar-refractivity contribution >= 4 is 17.7 Å². The van der Waals surface area contributed by atoms with Gasteiger partial charge in [0.25, 0.3) is 0 Å². The van der Waals surface area contributed by atoms with Gasteiger partial charge in [0.2, 0.25) is 11.1 Å². The minimum atomic E-state index is -0.264. The van der Waals surface area contributed by atoms with Crippen LogP contribution in [0.3, 0.4) is 0 Å². The van der Waals surface area contributed by atoms with Gasteiger partial charge in [0.1, 0.15) is 0 Å². The molecule has 0 saturated carbocycles. The Hall–Kier alpha value is -2.15. The van der Waals surface area contributed by atoms with Crippen molar-refractivity contribution in [3.63, 3.8) is 0 Å². The zero-order valence-electron chi connectivity index (χ0n) is 16.2. The Kier molecular flexibility index (Phi) is 6.66. The highest BCUT2D eigenvalue weighted by Gasteiger charge is 2.20. The van der Waals surface area contributed by atoms with Gasteiger partial charge in [-0.05, 0) is 80.5 Å². The third-order valence-electron chi connectivity index (χ3n) is 5.03. The van der Waals surface area contributed by atoms with Crippen LogP contribution in [-0.4, -0.2) is 37.9 Å². The Bertz CT molecular complexity index is 830. The standard InChI is InChI=1S/C20H27N5OS/c1-14-8-7-11-18(15(14)2)25-20(22-23-24-25)27-16(3)19(26)21-13-12-17-9-5-4-6-10-17/h7-9,11,16H,4-6,10,12-13H2,1-3H3,(H,21,26)/t16-/m0/s1. The van der Waals surface area contributed by atoms with E-state index in [9.17, 15) is 4.79 Å². The zero-order chi connectivity index (χ0) is 19.2. The summed E-state index contributed by atoms with van der Waals surface area (Å²) in [5, 5.41) is 15.4. The molecule has 1 aliphatic rings. The molecule has 1 atom stereocenters. The van der Waals surface area contributed by atoms with Crippen LogP contribution in [0.1, 0.15) is 50.2 Å². The number of aromatic nitrogens is 4. The van der Waals surface area contributed by atoms with Gasteiger partial charge in [-0.15, -0.1) is 5.10 Å². The normalized spacial score (nSPS) is 15.3. The number of rotatable bonds is 7. The van der Waals surface area contributed by atoms with Crippen molar-refractivity contribution in [1.29, 1.82) is 0 Å². The molecule has 144 valence electrons. The zero-order valence-corrected chi connectivity index (χ0v) is 17.1. The van der Waals surface area contributed by atoms with Crippen LogP contribution in [-0.2, 0) is 4.79 Å². The quantitative estimate of drug-likeness (QED) is 0.580. The summed E-state index contributed by atoms with van der Waals surface area (Å²) in [6.07, 6.45) is 8.18. The van der Waals surface area contributed by atoms with Crippen molar-refractivity contribution in [1.82, 2.24) is 25.5 Å². The average molecular weight is 386 g/mol. The average Bonchev–Trinajstić information content (AvgIpc) is 3.12. The summed E-state index contributed by atoms with van der Waals surface area (Å²) >= 11 is 1.38. The predicted molar refractivity (Wildman–Crippen MR) is 108 cm³/mol. The Balaban J connectivity index is 1.59. The number of nitrogens with one attached hydrogen (secondary N) is 1. The molecular weight excluding hydrogens is 358 g/mol. The van der Waals surface area contributed by atoms with Crippen LogP contribution < -0.4 is 5.32 Å². The van der Waals surface area contributed by atoms with Gasteiger partial charge >= 0.3 is 0 Å². The SMILES string of the molecule is Cc1cccc(-n2nnnc2S[C@@H](C)C(=O)NCCC2=CCCCC2)c1C. The molecule has 3 rings (SSSR count). The van der Waals surface area contributed by atoms with E-state index in [-0.39, 0.29) is 11.2 Å². The first-order valence-electron chi connectivity index (χ1n) is 9.53. The van der Waals surface area contributed by atoms with Gasteiger partial charge in [-0.1, -0.05) is 35.5 Å². The van der Waals surface area contributed by atoms with Crippen molar-refractivity contribution in [2.24, 2.45) is 0 Å². The number of hydrogen-bond donors (Lipinski definition) is 1. The number of tetrazole rings is 1. The van der Waals surface area contributed by atoms with Crippen LogP contribution in [0.4, 0.5) is 0 Å². The molecule has 0 aliphatic heterocycles. The van der Waals surface area contributed by atoms with Crippen molar-refractivity contribution in [2.75, 3.05) is 6.54 Å². The van der Waals surface area contributed by atoms with Crippen molar-refractivity contribution < 1.29 is 4.79 Å². The van der Waals surface area contributed by atoms with E-state index in [0.29, 0.717) is 11.7 Å². The molecule has 7 heteroatoms. The van der Waals surface area contributed by atoms with Gasteiger partial charge in [-0.2, -0.15) is 4.68 Å². The van der Waals surface area contributed by atoms with E-state index in [1.54, 1.807) is 4.68 Å². The largest absolute Gasteiger partial charge is 0.355 e. The van der Waals surface area contributed by atoms with Crippen LogP contribution in [0, 0.1) is 13.8 Å². The summed E-state index contributed by atoms with van der Waals surface area (Å²) in [5.41, 5.74) is 4.73. The van der Waals surface area contributed by atoms with Crippen LogP contribution in [0.25, 0.3) is 5.69 Å². The predicted octanol–water partition coefficient (Wildman–Crippen LogP) is 3.77. The van der Waals surface area contributed by atoms with Gasteiger partial charge < -0.3 is 5.32 Å². The highest BCUT2D eigenvalue weighted by molar-refractivity contribution is 8.00. The second kappa shape index (κ2) is 9.17. The number of amides is 1. The first-order chi connectivity index (χ1) is 13.1. The molecule has 2 aromatic rings. The van der Waals surface area contributed by atoms with Crippen LogP contribution in [0.2, 0.25) is 0 Å². The maximum Gasteiger partial charge on any atom is 0.233 e. The molecular formula is C20H27N5OS. The minimum Gasteiger partial charge on any atom is -0.355 e. The van der Waals surface area contributed by atoms with E-state index in [0.717, 1.165) is 17.7 Å². The molecule has 1 amide bonds. The van der Waals surface area contributed by atoms with Crippen LogP contribution in [0.5, 0.6) is 0 Å². The fraction of sp³-hybridized carbons (Fsp3) is 0.500. The molecule has 27 heavy (non-hydrogen) atoms. The van der Waals surface area contributed by atoms with Gasteiger partial charge in [0.15, 0.2) is 0 Å². The van der Waals surface area contributed by atoms with Crippen LogP contribution in [0.15, 0.2) is 35.0 Å². The van der Waals surface area contributed by atoms with E-state index in [1.165, 1.54) is 48.6 Å². The Morgan fingerprint density at radius 3 is 2.96 bits per heavy atom. The first kappa shape index (κ1) is 19.6. The third-order valence-corrected chi connectivity index (χ3v) is 6.06. The highest BCUT2D eigenvalue weighted by atomic mass is 32.2. The van der Waals surface area contributed by atoms with Gasteiger partial charge in [-0.3, -0.25) is 4.79 Å². The van der Waals surface area contributed by atoms with Crippen molar-refractivity contribution in [2.45, 2.75) is 63.3 Å². The molecule has 0 bridgehead atoms. The molecule has 0 fully saturated rings. The third kappa shape index (κ3) is 4.97. The Labute approximate surface area is 164 Å². The Morgan fingerprint density at radius 1 is 1.33 bits per heavy atom. The molecule has 1 N–H and O–H groups in total. The number of nitrogens with zero attached hydrogens (tertiary/aromatic N) is 4. The molecule has 1 aromatic heterocycles. The fourth-order valence-corrected chi connectivity index (χ4v) is 4.03. The van der Waals surface area contributed by atoms with E-state index >= 15 is 0 Å². The van der Waals surface area contributed by atoms with Crippen molar-refractivity contribution in [3.8, 4) is 5.69 Å². The lowest BCUT2D eigenvalue weighted by molar-refractivity contribution is -0.120. The summed E-state index contributed by atoms with van der Waals surface area (Å²) < 4.78 is 1.71. The Morgan fingerprint density at radius 2 is 2.19 bits per heavy atom. The number of carbonyl (C=O) groups is 1. The fourth-order valence-electron chi connectivity index (χ4n) is 3.20. The highest BCUT2D eigenvalue weighted by Crippen LogP contribution is 2.25. The molecule has 0 spiro atoms. The summed E-state index contributed by atoms with van der Waals surface area (Å²) in [6, 6.07) is 6.04. The smallest absolute Gasteiger partial charge is 0.233 e. The number of hydrogen-bond acceptors (Lipinski definition) is 5. The second-order valence-corrected chi connectivity index (χ2v) is 8.31. The lowest BCUT2D eigenvalue weighted by Gasteiger charge is -2.15. The van der Waals surface area contributed by atoms with E-state index in [4.69, 9.17) is 0 Å². The molecule has 1 heterocycles. The lowest BCUT2D eigenvalue weighted by Crippen LogP contribution is -2.32. The van der Waals surface area contributed by atoms with Crippen molar-refractivity contribution in [3.05, 3.63) is 41.0 Å². The maximum absolute atomic E-state index is 12.5. The summed E-state index contributed by atoms with van der Waals surface area (Å²) in [7, 11) is 0. The molecule has 0 unspecified atom stereocenters. The first-order valence-corrected chi connectivity index (χ1v) is 10.4. The van der Waals surface area contributed by atoms with E-state index < -0.39 is 0 Å². The van der Waals surface area contributed by atoms with E-state index in [2.05, 4.69) is 46.8 Å². The lowest BCUT2D eigenvalue weighted by atomic mass is 9.97. The van der Waals surface area contributed by atoms with Gasteiger partial charge in [0.05, 0.1) is 10.9 Å². The topological polar surface area (TPSA) is 72.7 Å². The monoisotopic (exact) mass is 385 g/mol. The van der Waals surface area contributed by atoms with Gasteiger partial charge in [0, 0.05) is 6.54 Å². The molecule has 1 aliphatic carbocycles. The molecule has 0 saturated heterocycles. The summed E-state index contributed by atoms with van der Waals surface area (Å²) in [5.74, 6) is 0.0203. The second-order valence-electron chi connectivity index (χ2n) is 7.00. The summed E-state index contributed by atoms with van der Waals surface area (Å²) in [4.78, 5) is 12.5. The minimum absolute atomic E-state index is 0.0203. The van der Waals surface area contributed by atoms with Crippen LogP contribution >= 0.6 is 11.8 Å². The van der Waals surface area contributed by atoms with E-state index in [1.807, 2.05) is 19.1 Å².